The quantitative estimate of drug-likeness (QED) is 0.221. The summed E-state index contributed by atoms with van der Waals surface area (Å²) in [5, 5.41) is 21.3. The van der Waals surface area contributed by atoms with Crippen LogP contribution >= 0.6 is 0 Å². The third-order valence-electron chi connectivity index (χ3n) is 16.6. The number of fused-ring (bicyclic) bond motifs is 7. The molecule has 5 saturated carbocycles. The number of ether oxygens (including phenoxy) is 3. The zero-order valence-corrected chi connectivity index (χ0v) is 29.8. The van der Waals surface area contributed by atoms with Gasteiger partial charge in [0.05, 0.1) is 12.2 Å². The summed E-state index contributed by atoms with van der Waals surface area (Å²) >= 11 is 0. The van der Waals surface area contributed by atoms with Gasteiger partial charge in [-0.15, -0.1) is 0 Å². The normalized spacial score (nSPS) is 57.2. The summed E-state index contributed by atoms with van der Waals surface area (Å²) < 4.78 is 20.4. The molecule has 9 aliphatic rings. The smallest absolute Gasteiger partial charge is 0.303 e. The van der Waals surface area contributed by atoms with E-state index in [1.807, 2.05) is 6.92 Å². The van der Waals surface area contributed by atoms with Crippen molar-refractivity contribution in [2.45, 2.75) is 168 Å². The minimum Gasteiger partial charge on any atom is -0.481 e. The van der Waals surface area contributed by atoms with Crippen molar-refractivity contribution < 1.29 is 39.0 Å². The first-order chi connectivity index (χ1) is 22.3. The van der Waals surface area contributed by atoms with Crippen molar-refractivity contribution in [1.29, 1.82) is 0 Å². The van der Waals surface area contributed by atoms with Crippen molar-refractivity contribution in [2.75, 3.05) is 0 Å². The van der Waals surface area contributed by atoms with Crippen LogP contribution in [0.4, 0.5) is 0 Å². The number of carbonyl (C=O) groups is 1. The van der Waals surface area contributed by atoms with Crippen LogP contribution in [0.2, 0.25) is 0 Å². The van der Waals surface area contributed by atoms with Gasteiger partial charge in [-0.3, -0.25) is 4.79 Å². The summed E-state index contributed by atoms with van der Waals surface area (Å²) in [7, 11) is 0. The van der Waals surface area contributed by atoms with Crippen molar-refractivity contribution in [3.05, 3.63) is 0 Å². The summed E-state index contributed by atoms with van der Waals surface area (Å²) in [6.07, 6.45) is 12.8. The highest BCUT2D eigenvalue weighted by atomic mass is 17.3. The van der Waals surface area contributed by atoms with Crippen LogP contribution in [0.5, 0.6) is 0 Å². The van der Waals surface area contributed by atoms with Gasteiger partial charge in [0, 0.05) is 24.7 Å². The average Bonchev–Trinajstić information content (AvgIpc) is 3.22. The molecule has 2 N–H and O–H groups in total. The van der Waals surface area contributed by atoms with Gasteiger partial charge in [0.1, 0.15) is 0 Å². The van der Waals surface area contributed by atoms with Gasteiger partial charge < -0.3 is 24.4 Å². The lowest BCUT2D eigenvalue weighted by Gasteiger charge is -2.63. The van der Waals surface area contributed by atoms with E-state index in [1.54, 1.807) is 0 Å². The van der Waals surface area contributed by atoms with Crippen LogP contribution in [-0.2, 0) is 28.8 Å². The molecular weight excluding hydrogens is 596 g/mol. The topological polar surface area (TPSA) is 104 Å². The molecule has 266 valence electrons. The first kappa shape index (κ1) is 33.4. The highest BCUT2D eigenvalue weighted by Gasteiger charge is 2.70. The lowest BCUT2D eigenvalue weighted by atomic mass is 9.43. The van der Waals surface area contributed by atoms with Gasteiger partial charge in [0.25, 0.3) is 0 Å². The van der Waals surface area contributed by atoms with E-state index >= 15 is 0 Å². The minimum absolute atomic E-state index is 0.0645. The van der Waals surface area contributed by atoms with Crippen molar-refractivity contribution in [3.63, 3.8) is 0 Å². The van der Waals surface area contributed by atoms with E-state index in [4.69, 9.17) is 24.0 Å². The molecule has 2 bridgehead atoms. The Kier molecular flexibility index (Phi) is 8.26. The molecule has 8 nitrogen and oxygen atoms in total. The maximum Gasteiger partial charge on any atom is 0.303 e. The van der Waals surface area contributed by atoms with Crippen LogP contribution in [0.3, 0.4) is 0 Å². The van der Waals surface area contributed by atoms with Crippen LogP contribution in [0.25, 0.3) is 0 Å². The van der Waals surface area contributed by atoms with Gasteiger partial charge in [0.15, 0.2) is 18.2 Å². The van der Waals surface area contributed by atoms with Gasteiger partial charge in [0.2, 0.25) is 5.79 Å². The number of hydrogen-bond acceptors (Lipinski definition) is 7. The fraction of sp³-hybridized carbons (Fsp3) is 0.974. The highest BCUT2D eigenvalue weighted by Crippen LogP contribution is 2.69. The molecule has 1 spiro atoms. The molecule has 0 amide bonds. The van der Waals surface area contributed by atoms with E-state index in [2.05, 4.69) is 34.6 Å². The van der Waals surface area contributed by atoms with E-state index < -0.39 is 23.6 Å². The van der Waals surface area contributed by atoms with Gasteiger partial charge in [-0.05, 0) is 142 Å². The monoisotopic (exact) mass is 658 g/mol. The Morgan fingerprint density at radius 1 is 0.851 bits per heavy atom. The van der Waals surface area contributed by atoms with Gasteiger partial charge in [-0.1, -0.05) is 34.6 Å². The Balaban J connectivity index is 0.962. The molecule has 8 heteroatoms. The standard InChI is InChI=1S/C39H62O8/c1-21(8-12-33(41)42)26-10-11-29-25-20-32(40)31-19-24(13-16-37(31,5)30(25)14-17-36(26,29)4)43-34-23(3)28-9-7-22(2)27-15-18-38(6)45-35(44-34)39(27,28)47-46-38/h21-32,34-35,40H,7-20H2,1-6H3,(H,41,42)/t21-,22-,23-,24-,25?,26-,27?,28?,29?,30?,31?,32+,34?,35?,36-,37-,38-,39-/m1/s1. The summed E-state index contributed by atoms with van der Waals surface area (Å²) in [4.78, 5) is 23.7. The lowest BCUT2D eigenvalue weighted by Crippen LogP contribution is -2.70. The maximum absolute atomic E-state index is 11.9. The number of aliphatic carboxylic acids is 1. The lowest BCUT2D eigenvalue weighted by molar-refractivity contribution is -0.578. The third kappa shape index (κ3) is 4.98. The first-order valence-corrected chi connectivity index (χ1v) is 19.5. The SMILES string of the molecule is C[C@H]1C(O[C@@H]2CC[C@]3(C)C4CC[C@@]5(C)C(CC[C@@H]5[C@H](C)CCC(=O)O)C4C[C@H](O)C3C2)OC2O[C@@]3(C)CCC4[C@H](C)CCC1[C@@]24OO3. The summed E-state index contributed by atoms with van der Waals surface area (Å²) in [5.74, 6) is 2.93. The van der Waals surface area contributed by atoms with E-state index in [-0.39, 0.29) is 53.5 Å². The fourth-order valence-corrected chi connectivity index (χ4v) is 14.1. The van der Waals surface area contributed by atoms with Crippen molar-refractivity contribution >= 4 is 5.97 Å². The van der Waals surface area contributed by atoms with E-state index in [0.717, 1.165) is 51.4 Å². The summed E-state index contributed by atoms with van der Waals surface area (Å²) in [6.45, 7) is 13.9. The molecule has 0 aromatic carbocycles. The highest BCUT2D eigenvalue weighted by molar-refractivity contribution is 5.66. The van der Waals surface area contributed by atoms with Crippen molar-refractivity contribution in [3.8, 4) is 0 Å². The molecule has 18 atom stereocenters. The summed E-state index contributed by atoms with van der Waals surface area (Å²) in [5.41, 5.74) is -0.194. The number of aliphatic hydroxyl groups excluding tert-OH is 1. The molecule has 0 radical (unpaired) electrons. The largest absolute Gasteiger partial charge is 0.481 e. The maximum atomic E-state index is 11.9. The second-order valence-corrected chi connectivity index (χ2v) is 18.7. The molecule has 4 saturated heterocycles. The second kappa shape index (κ2) is 11.6. The third-order valence-corrected chi connectivity index (χ3v) is 16.6. The molecule has 5 aliphatic carbocycles. The van der Waals surface area contributed by atoms with Crippen molar-refractivity contribution in [1.82, 2.24) is 0 Å². The molecule has 4 heterocycles. The zero-order chi connectivity index (χ0) is 33.1. The Morgan fingerprint density at radius 3 is 2.36 bits per heavy atom. The van der Waals surface area contributed by atoms with E-state index in [0.29, 0.717) is 41.4 Å². The van der Waals surface area contributed by atoms with Crippen molar-refractivity contribution in [2.24, 2.45) is 70.0 Å². The molecule has 0 aromatic rings. The first-order valence-electron chi connectivity index (χ1n) is 19.5. The van der Waals surface area contributed by atoms with E-state index in [1.165, 1.54) is 32.1 Å². The zero-order valence-electron chi connectivity index (χ0n) is 29.8. The number of carboxylic acid groups (broad SMARTS) is 1. The Labute approximate surface area is 282 Å². The van der Waals surface area contributed by atoms with E-state index in [9.17, 15) is 15.0 Å². The van der Waals surface area contributed by atoms with Crippen LogP contribution in [0, 0.1) is 70.0 Å². The number of carboxylic acids is 1. The average molecular weight is 659 g/mol. The van der Waals surface area contributed by atoms with Gasteiger partial charge in [-0.25, -0.2) is 9.78 Å². The summed E-state index contributed by atoms with van der Waals surface area (Å²) in [6, 6.07) is 0. The molecule has 8 unspecified atom stereocenters. The van der Waals surface area contributed by atoms with Crippen LogP contribution in [0.1, 0.15) is 131 Å². The number of aliphatic hydroxyl groups is 1. The van der Waals surface area contributed by atoms with Crippen LogP contribution in [0.15, 0.2) is 0 Å². The molecule has 47 heavy (non-hydrogen) atoms. The molecule has 9 fully saturated rings. The Bertz CT molecular complexity index is 1210. The predicted molar refractivity (Wildman–Crippen MR) is 174 cm³/mol. The molecule has 4 aliphatic heterocycles. The van der Waals surface area contributed by atoms with Gasteiger partial charge in [-0.2, -0.15) is 0 Å². The van der Waals surface area contributed by atoms with Crippen LogP contribution < -0.4 is 0 Å². The molecular formula is C39H62O8. The van der Waals surface area contributed by atoms with Gasteiger partial charge >= 0.3 is 5.97 Å². The van der Waals surface area contributed by atoms with Crippen LogP contribution in [-0.4, -0.2) is 52.4 Å². The Morgan fingerprint density at radius 2 is 1.57 bits per heavy atom. The molecule has 9 rings (SSSR count). The second-order valence-electron chi connectivity index (χ2n) is 18.7. The minimum atomic E-state index is -0.788. The number of rotatable bonds is 6. The predicted octanol–water partition coefficient (Wildman–Crippen LogP) is 7.71. The Hall–Kier alpha value is -0.770. The number of hydrogen-bond donors (Lipinski definition) is 2. The molecule has 0 aromatic heterocycles. The fourth-order valence-electron chi connectivity index (χ4n) is 14.1.